The predicted octanol–water partition coefficient (Wildman–Crippen LogP) is 0.806. The second-order valence-electron chi connectivity index (χ2n) is 5.32. The van der Waals surface area contributed by atoms with Crippen LogP contribution >= 0.6 is 11.3 Å². The van der Waals surface area contributed by atoms with E-state index in [4.69, 9.17) is 9.47 Å². The first kappa shape index (κ1) is 14.0. The van der Waals surface area contributed by atoms with E-state index in [1.165, 1.54) is 5.56 Å². The van der Waals surface area contributed by atoms with Crippen LogP contribution in [0, 0.1) is 0 Å². The lowest BCUT2D eigenvalue weighted by Gasteiger charge is -2.36. The highest BCUT2D eigenvalue weighted by Crippen LogP contribution is 2.25. The van der Waals surface area contributed by atoms with Crippen LogP contribution in [0.5, 0.6) is 0 Å². The molecule has 1 amide bonds. The zero-order chi connectivity index (χ0) is 13.9. The van der Waals surface area contributed by atoms with Gasteiger partial charge in [-0.2, -0.15) is 11.3 Å². The Morgan fingerprint density at radius 3 is 3.15 bits per heavy atom. The molecule has 110 valence electrons. The third-order valence-corrected chi connectivity index (χ3v) is 4.71. The molecule has 0 bridgehead atoms. The Bertz CT molecular complexity index is 451. The topological polar surface area (TPSA) is 42.0 Å². The molecule has 0 unspecified atom stereocenters. The SMILES string of the molecule is COCCN1C(=O)CO[C@H]2CN(Cc3ccsc3)C[C@@H]21. The summed E-state index contributed by atoms with van der Waals surface area (Å²) in [6.45, 7) is 4.17. The molecule has 2 aliphatic heterocycles. The number of likely N-dealkylation sites (tertiary alicyclic amines) is 1. The summed E-state index contributed by atoms with van der Waals surface area (Å²) in [6, 6.07) is 2.33. The van der Waals surface area contributed by atoms with Crippen LogP contribution in [0.3, 0.4) is 0 Å². The Labute approximate surface area is 123 Å². The number of amides is 1. The molecule has 0 aliphatic carbocycles. The third-order valence-electron chi connectivity index (χ3n) is 3.98. The highest BCUT2D eigenvalue weighted by molar-refractivity contribution is 7.07. The summed E-state index contributed by atoms with van der Waals surface area (Å²) in [6.07, 6.45) is 0.142. The lowest BCUT2D eigenvalue weighted by Crippen LogP contribution is -2.54. The molecule has 2 atom stereocenters. The van der Waals surface area contributed by atoms with Crippen molar-refractivity contribution < 1.29 is 14.3 Å². The molecule has 2 aliphatic rings. The van der Waals surface area contributed by atoms with Crippen molar-refractivity contribution in [3.05, 3.63) is 22.4 Å². The van der Waals surface area contributed by atoms with Crippen molar-refractivity contribution in [1.82, 2.24) is 9.80 Å². The van der Waals surface area contributed by atoms with Crippen LogP contribution in [-0.2, 0) is 20.8 Å². The molecule has 20 heavy (non-hydrogen) atoms. The van der Waals surface area contributed by atoms with Gasteiger partial charge >= 0.3 is 0 Å². The standard InChI is InChI=1S/C14H20N2O3S/c1-18-4-3-16-12-7-15(6-11-2-5-20-10-11)8-13(12)19-9-14(16)17/h2,5,10,12-13H,3-4,6-9H2,1H3/t12-,13-/m0/s1. The summed E-state index contributed by atoms with van der Waals surface area (Å²) >= 11 is 1.72. The van der Waals surface area contributed by atoms with Gasteiger partial charge in [0.25, 0.3) is 0 Å². The van der Waals surface area contributed by atoms with Gasteiger partial charge < -0.3 is 14.4 Å². The maximum atomic E-state index is 12.0. The number of carbonyl (C=O) groups excluding carboxylic acids is 1. The average molecular weight is 296 g/mol. The molecule has 2 fully saturated rings. The molecule has 0 spiro atoms. The van der Waals surface area contributed by atoms with E-state index in [2.05, 4.69) is 21.7 Å². The summed E-state index contributed by atoms with van der Waals surface area (Å²) in [4.78, 5) is 16.3. The number of methoxy groups -OCH3 is 1. The molecular weight excluding hydrogens is 276 g/mol. The third kappa shape index (κ3) is 2.88. The first-order valence-corrected chi connectivity index (χ1v) is 7.85. The molecule has 1 aromatic rings. The Morgan fingerprint density at radius 1 is 1.50 bits per heavy atom. The Kier molecular flexibility index (Phi) is 4.35. The van der Waals surface area contributed by atoms with Gasteiger partial charge in [-0.15, -0.1) is 0 Å². The highest BCUT2D eigenvalue weighted by atomic mass is 32.1. The van der Waals surface area contributed by atoms with Gasteiger partial charge in [-0.1, -0.05) is 0 Å². The van der Waals surface area contributed by atoms with Crippen molar-refractivity contribution >= 4 is 17.2 Å². The summed E-state index contributed by atoms with van der Waals surface area (Å²) in [5.74, 6) is 0.0840. The normalized spacial score (nSPS) is 27.1. The molecule has 2 saturated heterocycles. The van der Waals surface area contributed by atoms with Gasteiger partial charge in [0.1, 0.15) is 6.61 Å². The van der Waals surface area contributed by atoms with E-state index in [1.807, 2.05) is 4.90 Å². The van der Waals surface area contributed by atoms with Gasteiger partial charge in [0.15, 0.2) is 0 Å². The van der Waals surface area contributed by atoms with E-state index >= 15 is 0 Å². The molecule has 1 aromatic heterocycles. The number of morpholine rings is 1. The van der Waals surface area contributed by atoms with Gasteiger partial charge in [0.05, 0.1) is 18.8 Å². The molecule has 3 heterocycles. The van der Waals surface area contributed by atoms with Crippen LogP contribution in [0.15, 0.2) is 16.8 Å². The number of thiophene rings is 1. The molecular formula is C14H20N2O3S. The fraction of sp³-hybridized carbons (Fsp3) is 0.643. The minimum absolute atomic E-state index is 0.0840. The fourth-order valence-electron chi connectivity index (χ4n) is 2.99. The zero-order valence-corrected chi connectivity index (χ0v) is 12.5. The van der Waals surface area contributed by atoms with E-state index < -0.39 is 0 Å². The first-order valence-electron chi connectivity index (χ1n) is 6.91. The van der Waals surface area contributed by atoms with Gasteiger partial charge in [0.2, 0.25) is 5.91 Å². The number of carbonyl (C=O) groups is 1. The monoisotopic (exact) mass is 296 g/mol. The number of hydrogen-bond acceptors (Lipinski definition) is 5. The minimum Gasteiger partial charge on any atom is -0.383 e. The van der Waals surface area contributed by atoms with E-state index in [9.17, 15) is 4.79 Å². The summed E-state index contributed by atoms with van der Waals surface area (Å²) in [7, 11) is 1.67. The first-order chi connectivity index (χ1) is 9.78. The lowest BCUT2D eigenvalue weighted by molar-refractivity contribution is -0.153. The highest BCUT2D eigenvalue weighted by Gasteiger charge is 2.42. The molecule has 0 N–H and O–H groups in total. The number of hydrogen-bond donors (Lipinski definition) is 0. The van der Waals surface area contributed by atoms with E-state index in [1.54, 1.807) is 18.4 Å². The van der Waals surface area contributed by atoms with Crippen LogP contribution in [0.4, 0.5) is 0 Å². The summed E-state index contributed by atoms with van der Waals surface area (Å²) < 4.78 is 10.8. The van der Waals surface area contributed by atoms with Gasteiger partial charge in [0, 0.05) is 33.3 Å². The van der Waals surface area contributed by atoms with Crippen molar-refractivity contribution in [3.63, 3.8) is 0 Å². The molecule has 5 nitrogen and oxygen atoms in total. The summed E-state index contributed by atoms with van der Waals surface area (Å²) in [5, 5.41) is 4.28. The molecule has 6 heteroatoms. The second-order valence-corrected chi connectivity index (χ2v) is 6.10. The molecule has 0 saturated carbocycles. The van der Waals surface area contributed by atoms with Gasteiger partial charge in [-0.25, -0.2) is 0 Å². The Balaban J connectivity index is 1.64. The smallest absolute Gasteiger partial charge is 0.249 e. The van der Waals surface area contributed by atoms with E-state index in [-0.39, 0.29) is 24.7 Å². The summed E-state index contributed by atoms with van der Waals surface area (Å²) in [5.41, 5.74) is 1.34. The number of fused-ring (bicyclic) bond motifs is 1. The zero-order valence-electron chi connectivity index (χ0n) is 11.7. The molecule has 0 aromatic carbocycles. The maximum Gasteiger partial charge on any atom is 0.249 e. The largest absolute Gasteiger partial charge is 0.383 e. The van der Waals surface area contributed by atoms with Gasteiger partial charge in [-0.05, 0) is 22.4 Å². The van der Waals surface area contributed by atoms with Crippen molar-refractivity contribution in [1.29, 1.82) is 0 Å². The van der Waals surface area contributed by atoms with Crippen molar-refractivity contribution in [2.24, 2.45) is 0 Å². The molecule has 0 radical (unpaired) electrons. The number of nitrogens with zero attached hydrogens (tertiary/aromatic N) is 2. The Morgan fingerprint density at radius 2 is 2.40 bits per heavy atom. The quantitative estimate of drug-likeness (QED) is 0.806. The Hall–Kier alpha value is -0.950. The second kappa shape index (κ2) is 6.22. The van der Waals surface area contributed by atoms with E-state index in [0.717, 1.165) is 19.6 Å². The van der Waals surface area contributed by atoms with Crippen LogP contribution < -0.4 is 0 Å². The van der Waals surface area contributed by atoms with Crippen LogP contribution in [0.25, 0.3) is 0 Å². The number of ether oxygens (including phenoxy) is 2. The predicted molar refractivity (Wildman–Crippen MR) is 76.7 cm³/mol. The van der Waals surface area contributed by atoms with Crippen molar-refractivity contribution in [2.75, 3.05) is 40.0 Å². The van der Waals surface area contributed by atoms with Crippen LogP contribution in [0.2, 0.25) is 0 Å². The van der Waals surface area contributed by atoms with Crippen LogP contribution in [0.1, 0.15) is 5.56 Å². The fourth-order valence-corrected chi connectivity index (χ4v) is 3.65. The average Bonchev–Trinajstić information content (AvgIpc) is 3.07. The maximum absolute atomic E-state index is 12.0. The van der Waals surface area contributed by atoms with Crippen molar-refractivity contribution in [3.8, 4) is 0 Å². The van der Waals surface area contributed by atoms with E-state index in [0.29, 0.717) is 13.2 Å². The lowest BCUT2D eigenvalue weighted by atomic mass is 10.1. The van der Waals surface area contributed by atoms with Crippen molar-refractivity contribution in [2.45, 2.75) is 18.7 Å². The molecule has 3 rings (SSSR count). The van der Waals surface area contributed by atoms with Gasteiger partial charge in [-0.3, -0.25) is 9.69 Å². The minimum atomic E-state index is 0.0840. The van der Waals surface area contributed by atoms with Crippen LogP contribution in [-0.4, -0.2) is 67.8 Å². The number of rotatable bonds is 5.